The molecule has 1 aliphatic heterocycles. The molecular weight excluding hydrogens is 200 g/mol. The van der Waals surface area contributed by atoms with Crippen LogP contribution in [0.1, 0.15) is 26.2 Å². The third-order valence-electron chi connectivity index (χ3n) is 3.63. The van der Waals surface area contributed by atoms with Crippen LogP contribution in [0.3, 0.4) is 0 Å². The summed E-state index contributed by atoms with van der Waals surface area (Å²) in [5.74, 6) is -2.43. The van der Waals surface area contributed by atoms with Crippen LogP contribution in [0.5, 0.6) is 0 Å². The van der Waals surface area contributed by atoms with Crippen molar-refractivity contribution in [1.82, 2.24) is 0 Å². The van der Waals surface area contributed by atoms with Crippen LogP contribution in [0.15, 0.2) is 0 Å². The smallest absolute Gasteiger partial charge is 0.335 e. The number of carboxylic acid groups (broad SMARTS) is 2. The van der Waals surface area contributed by atoms with Gasteiger partial charge in [0.05, 0.1) is 5.92 Å². The van der Waals surface area contributed by atoms with E-state index in [2.05, 4.69) is 0 Å². The lowest BCUT2D eigenvalue weighted by molar-refractivity contribution is -0.144. The molecule has 1 saturated heterocycles. The van der Waals surface area contributed by atoms with E-state index in [1.54, 1.807) is 6.92 Å². The maximum Gasteiger partial charge on any atom is 0.335 e. The fourth-order valence-corrected chi connectivity index (χ4v) is 2.74. The summed E-state index contributed by atoms with van der Waals surface area (Å²) in [5, 5.41) is 17.8. The first-order valence-electron chi connectivity index (χ1n) is 5.10. The number of hydrogen-bond donors (Lipinski definition) is 2. The molecule has 2 fully saturated rings. The minimum absolute atomic E-state index is 0.156. The normalized spacial score (nSPS) is 43.9. The van der Waals surface area contributed by atoms with Gasteiger partial charge in [0.15, 0.2) is 6.10 Å². The Balaban J connectivity index is 2.11. The highest BCUT2D eigenvalue weighted by molar-refractivity contribution is 5.78. The first-order chi connectivity index (χ1) is 6.97. The van der Waals surface area contributed by atoms with Crippen molar-refractivity contribution in [3.63, 3.8) is 0 Å². The van der Waals surface area contributed by atoms with Crippen molar-refractivity contribution >= 4 is 11.9 Å². The molecule has 1 aliphatic carbocycles. The highest BCUT2D eigenvalue weighted by Gasteiger charge is 2.64. The largest absolute Gasteiger partial charge is 0.481 e. The number of epoxide rings is 1. The molecule has 84 valence electrons. The van der Waals surface area contributed by atoms with Crippen molar-refractivity contribution in [3.8, 4) is 0 Å². The van der Waals surface area contributed by atoms with Gasteiger partial charge in [-0.2, -0.15) is 0 Å². The van der Waals surface area contributed by atoms with Gasteiger partial charge in [-0.1, -0.05) is 6.42 Å². The third kappa shape index (κ3) is 1.51. The van der Waals surface area contributed by atoms with Gasteiger partial charge in [0, 0.05) is 5.92 Å². The summed E-state index contributed by atoms with van der Waals surface area (Å²) in [5.41, 5.74) is -0.759. The first-order valence-corrected chi connectivity index (χ1v) is 5.10. The molecule has 4 atom stereocenters. The molecule has 0 radical (unpaired) electrons. The molecule has 1 heterocycles. The Morgan fingerprint density at radius 3 is 2.40 bits per heavy atom. The summed E-state index contributed by atoms with van der Waals surface area (Å²) < 4.78 is 5.17. The molecule has 0 bridgehead atoms. The van der Waals surface area contributed by atoms with Crippen LogP contribution in [-0.2, 0) is 14.3 Å². The van der Waals surface area contributed by atoms with Gasteiger partial charge in [0.2, 0.25) is 0 Å². The van der Waals surface area contributed by atoms with E-state index in [1.807, 2.05) is 0 Å². The fraction of sp³-hybridized carbons (Fsp3) is 0.800. The molecule has 0 aromatic heterocycles. The Kier molecular flexibility index (Phi) is 2.22. The van der Waals surface area contributed by atoms with E-state index in [1.165, 1.54) is 0 Å². The maximum absolute atomic E-state index is 11.0. The van der Waals surface area contributed by atoms with Crippen molar-refractivity contribution in [3.05, 3.63) is 0 Å². The number of rotatable bonds is 3. The van der Waals surface area contributed by atoms with Gasteiger partial charge in [0.25, 0.3) is 0 Å². The van der Waals surface area contributed by atoms with Crippen molar-refractivity contribution in [2.24, 2.45) is 11.8 Å². The van der Waals surface area contributed by atoms with Gasteiger partial charge in [-0.05, 0) is 19.8 Å². The summed E-state index contributed by atoms with van der Waals surface area (Å²) in [4.78, 5) is 21.7. The second-order valence-electron chi connectivity index (χ2n) is 4.50. The standard InChI is InChI=1S/C10H14O5/c1-10(7(15-10)9(13)14)6-4-2-3-5(6)8(11)12/h5-7H,2-4H2,1H3,(H,11,12)(H,13,14)/t5-,6-,7?,10-/m1/s1. The van der Waals surface area contributed by atoms with Gasteiger partial charge in [-0.15, -0.1) is 0 Å². The van der Waals surface area contributed by atoms with Gasteiger partial charge in [0.1, 0.15) is 5.60 Å². The van der Waals surface area contributed by atoms with Crippen molar-refractivity contribution in [2.45, 2.75) is 37.9 Å². The topological polar surface area (TPSA) is 87.1 Å². The van der Waals surface area contributed by atoms with E-state index in [4.69, 9.17) is 14.9 Å². The molecule has 2 aliphatic rings. The summed E-state index contributed by atoms with van der Waals surface area (Å²) in [6.45, 7) is 1.71. The Labute approximate surface area is 87.0 Å². The molecule has 0 aromatic rings. The molecule has 1 unspecified atom stereocenters. The lowest BCUT2D eigenvalue weighted by atomic mass is 9.82. The van der Waals surface area contributed by atoms with Gasteiger partial charge in [-0.25, -0.2) is 4.79 Å². The number of carboxylic acids is 2. The van der Waals surface area contributed by atoms with E-state index in [9.17, 15) is 9.59 Å². The average molecular weight is 214 g/mol. The quantitative estimate of drug-likeness (QED) is 0.676. The Morgan fingerprint density at radius 2 is 1.93 bits per heavy atom. The summed E-state index contributed by atoms with van der Waals surface area (Å²) in [6.07, 6.45) is 1.40. The summed E-state index contributed by atoms with van der Waals surface area (Å²) in [7, 11) is 0. The van der Waals surface area contributed by atoms with Crippen molar-refractivity contribution in [1.29, 1.82) is 0 Å². The first kappa shape index (κ1) is 10.4. The van der Waals surface area contributed by atoms with E-state index in [-0.39, 0.29) is 5.92 Å². The molecule has 0 aromatic carbocycles. The van der Waals surface area contributed by atoms with Gasteiger partial charge >= 0.3 is 11.9 Å². The lowest BCUT2D eigenvalue weighted by Crippen LogP contribution is -2.33. The Bertz CT molecular complexity index is 313. The molecular formula is C10H14O5. The highest BCUT2D eigenvalue weighted by atomic mass is 16.6. The number of aliphatic carboxylic acids is 2. The van der Waals surface area contributed by atoms with Crippen LogP contribution in [-0.4, -0.2) is 33.9 Å². The summed E-state index contributed by atoms with van der Waals surface area (Å²) in [6, 6.07) is 0. The minimum Gasteiger partial charge on any atom is -0.481 e. The molecule has 2 N–H and O–H groups in total. The van der Waals surface area contributed by atoms with Crippen LogP contribution >= 0.6 is 0 Å². The van der Waals surface area contributed by atoms with E-state index < -0.39 is 29.6 Å². The zero-order valence-electron chi connectivity index (χ0n) is 8.47. The maximum atomic E-state index is 11.0. The predicted molar refractivity (Wildman–Crippen MR) is 49.4 cm³/mol. The predicted octanol–water partition coefficient (Wildman–Crippen LogP) is 0.729. The van der Waals surface area contributed by atoms with Crippen LogP contribution in [0.4, 0.5) is 0 Å². The van der Waals surface area contributed by atoms with E-state index in [0.29, 0.717) is 6.42 Å². The van der Waals surface area contributed by atoms with Crippen LogP contribution < -0.4 is 0 Å². The molecule has 1 saturated carbocycles. The van der Waals surface area contributed by atoms with Gasteiger partial charge < -0.3 is 14.9 Å². The number of hydrogen-bond acceptors (Lipinski definition) is 3. The minimum atomic E-state index is -0.992. The average Bonchev–Trinajstić information content (AvgIpc) is 2.65. The molecule has 5 nitrogen and oxygen atoms in total. The lowest BCUT2D eigenvalue weighted by Gasteiger charge is -2.19. The van der Waals surface area contributed by atoms with Crippen molar-refractivity contribution in [2.75, 3.05) is 0 Å². The second-order valence-corrected chi connectivity index (χ2v) is 4.50. The van der Waals surface area contributed by atoms with Crippen LogP contribution in [0, 0.1) is 11.8 Å². The SMILES string of the molecule is C[C@]1([C@@H]2CCC[C@H]2C(=O)O)OC1C(=O)O. The highest BCUT2D eigenvalue weighted by Crippen LogP contribution is 2.51. The molecule has 15 heavy (non-hydrogen) atoms. The van der Waals surface area contributed by atoms with Crippen LogP contribution in [0.2, 0.25) is 0 Å². The molecule has 2 rings (SSSR count). The van der Waals surface area contributed by atoms with Gasteiger partial charge in [-0.3, -0.25) is 4.79 Å². The Morgan fingerprint density at radius 1 is 1.27 bits per heavy atom. The zero-order chi connectivity index (χ0) is 11.2. The summed E-state index contributed by atoms with van der Waals surface area (Å²) >= 11 is 0. The number of ether oxygens (including phenoxy) is 1. The van der Waals surface area contributed by atoms with Crippen molar-refractivity contribution < 1.29 is 24.5 Å². The van der Waals surface area contributed by atoms with Crippen LogP contribution in [0.25, 0.3) is 0 Å². The molecule has 0 amide bonds. The Hall–Kier alpha value is -1.10. The second kappa shape index (κ2) is 3.20. The van der Waals surface area contributed by atoms with E-state index in [0.717, 1.165) is 12.8 Å². The third-order valence-corrected chi connectivity index (χ3v) is 3.63. The number of carbonyl (C=O) groups is 2. The molecule has 5 heteroatoms. The zero-order valence-corrected chi connectivity index (χ0v) is 8.47. The fourth-order valence-electron chi connectivity index (χ4n) is 2.74. The van der Waals surface area contributed by atoms with E-state index >= 15 is 0 Å². The monoisotopic (exact) mass is 214 g/mol. The molecule has 0 spiro atoms.